The molecule has 0 radical (unpaired) electrons. The predicted octanol–water partition coefficient (Wildman–Crippen LogP) is 3.19. The number of anilines is 2. The molecule has 3 N–H and O–H groups in total. The third-order valence-corrected chi connectivity index (χ3v) is 5.73. The van der Waals surface area contributed by atoms with Gasteiger partial charge in [-0.1, -0.05) is 6.07 Å². The van der Waals surface area contributed by atoms with E-state index in [2.05, 4.69) is 25.4 Å². The number of pyridine rings is 1. The predicted molar refractivity (Wildman–Crippen MR) is 126 cm³/mol. The first kappa shape index (κ1) is 23.2. The summed E-state index contributed by atoms with van der Waals surface area (Å²) in [5.41, 5.74) is 3.02. The Balaban J connectivity index is 1.41. The number of hydrogen-bond donors (Lipinski definition) is 3. The zero-order valence-electron chi connectivity index (χ0n) is 19.0. The minimum Gasteiger partial charge on any atom is -0.494 e. The normalized spacial score (nSPS) is 15.1. The lowest BCUT2D eigenvalue weighted by atomic mass is 10.1. The van der Waals surface area contributed by atoms with Crippen LogP contribution < -0.4 is 15.0 Å². The molecule has 1 aromatic carbocycles. The van der Waals surface area contributed by atoms with Gasteiger partial charge in [0.05, 0.1) is 24.6 Å². The number of methoxy groups -OCH3 is 1. The number of aromatic nitrogens is 3. The second-order valence-electron chi connectivity index (χ2n) is 8.01. The molecular weight excluding hydrogens is 438 g/mol. The fraction of sp³-hybridized carbons (Fsp3) is 0.333. The van der Waals surface area contributed by atoms with E-state index in [1.54, 1.807) is 50.6 Å². The van der Waals surface area contributed by atoms with Gasteiger partial charge in [0.25, 0.3) is 5.91 Å². The molecule has 178 valence electrons. The number of carboxylic acids is 1. The van der Waals surface area contributed by atoms with Crippen LogP contribution in [0.3, 0.4) is 0 Å². The van der Waals surface area contributed by atoms with Gasteiger partial charge in [0.1, 0.15) is 17.1 Å². The first-order chi connectivity index (χ1) is 16.4. The molecule has 3 aromatic rings. The highest BCUT2D eigenvalue weighted by Crippen LogP contribution is 2.32. The number of nitrogens with one attached hydrogen (secondary N) is 2. The number of carbonyl (C=O) groups excluding carboxylic acids is 1. The summed E-state index contributed by atoms with van der Waals surface area (Å²) < 4.78 is 11.1. The molecule has 10 nitrogen and oxygen atoms in total. The molecule has 34 heavy (non-hydrogen) atoms. The zero-order valence-corrected chi connectivity index (χ0v) is 19.0. The lowest BCUT2D eigenvalue weighted by molar-refractivity contribution is -0.153. The van der Waals surface area contributed by atoms with Gasteiger partial charge in [0, 0.05) is 31.0 Å². The van der Waals surface area contributed by atoms with Gasteiger partial charge in [-0.15, -0.1) is 0 Å². The van der Waals surface area contributed by atoms with Crippen LogP contribution in [0.4, 0.5) is 11.4 Å². The van der Waals surface area contributed by atoms with Gasteiger partial charge in [0.2, 0.25) is 0 Å². The van der Waals surface area contributed by atoms with Gasteiger partial charge in [0.15, 0.2) is 6.10 Å². The number of aromatic amines is 1. The lowest BCUT2D eigenvalue weighted by Crippen LogP contribution is -2.39. The molecule has 3 heterocycles. The number of ether oxygens (including phenoxy) is 2. The highest BCUT2D eigenvalue weighted by Gasteiger charge is 2.24. The maximum Gasteiger partial charge on any atom is 0.332 e. The van der Waals surface area contributed by atoms with E-state index < -0.39 is 12.1 Å². The number of carboxylic acid groups (broad SMARTS) is 1. The van der Waals surface area contributed by atoms with Crippen LogP contribution in [0.25, 0.3) is 11.4 Å². The number of rotatable bonds is 8. The topological polar surface area (TPSA) is 130 Å². The summed E-state index contributed by atoms with van der Waals surface area (Å²) in [5, 5.41) is 18.7. The van der Waals surface area contributed by atoms with Crippen molar-refractivity contribution < 1.29 is 24.2 Å². The van der Waals surface area contributed by atoms with Crippen molar-refractivity contribution in [3.8, 4) is 17.1 Å². The summed E-state index contributed by atoms with van der Waals surface area (Å²) in [6, 6.07) is 12.6. The largest absolute Gasteiger partial charge is 0.494 e. The molecule has 1 atom stereocenters. The summed E-state index contributed by atoms with van der Waals surface area (Å²) >= 11 is 0. The van der Waals surface area contributed by atoms with Gasteiger partial charge >= 0.3 is 5.97 Å². The van der Waals surface area contributed by atoms with Crippen LogP contribution in [-0.2, 0) is 9.53 Å². The highest BCUT2D eigenvalue weighted by molar-refractivity contribution is 6.04. The van der Waals surface area contributed by atoms with Gasteiger partial charge < -0.3 is 24.8 Å². The number of H-pyrrole nitrogens is 1. The average molecular weight is 466 g/mol. The Bertz CT molecular complexity index is 1140. The average Bonchev–Trinajstić information content (AvgIpc) is 3.40. The van der Waals surface area contributed by atoms with Crippen molar-refractivity contribution in [2.75, 3.05) is 30.4 Å². The molecule has 0 unspecified atom stereocenters. The second kappa shape index (κ2) is 10.3. The Morgan fingerprint density at radius 2 is 1.97 bits per heavy atom. The third-order valence-electron chi connectivity index (χ3n) is 5.73. The van der Waals surface area contributed by atoms with Gasteiger partial charge in [-0.2, -0.15) is 5.10 Å². The van der Waals surface area contributed by atoms with E-state index >= 15 is 0 Å². The molecule has 1 aliphatic heterocycles. The van der Waals surface area contributed by atoms with Crippen LogP contribution in [0.1, 0.15) is 30.3 Å². The van der Waals surface area contributed by atoms with Crippen molar-refractivity contribution in [2.24, 2.45) is 0 Å². The molecule has 0 spiro atoms. The Morgan fingerprint density at radius 3 is 2.65 bits per heavy atom. The molecule has 0 aliphatic carbocycles. The maximum absolute atomic E-state index is 12.8. The second-order valence-corrected chi connectivity index (χ2v) is 8.01. The van der Waals surface area contributed by atoms with Crippen molar-refractivity contribution in [1.29, 1.82) is 0 Å². The van der Waals surface area contributed by atoms with Crippen molar-refractivity contribution in [1.82, 2.24) is 15.2 Å². The fourth-order valence-corrected chi connectivity index (χ4v) is 3.87. The van der Waals surface area contributed by atoms with Gasteiger partial charge in [-0.3, -0.25) is 9.89 Å². The molecule has 4 rings (SSSR count). The number of amides is 1. The summed E-state index contributed by atoms with van der Waals surface area (Å²) in [5.74, 6) is -0.769. The molecule has 1 saturated heterocycles. The molecule has 0 bridgehead atoms. The Morgan fingerprint density at radius 1 is 1.18 bits per heavy atom. The molecule has 2 aromatic heterocycles. The zero-order chi connectivity index (χ0) is 24.1. The third kappa shape index (κ3) is 5.34. The molecular formula is C24H27N5O5. The smallest absolute Gasteiger partial charge is 0.332 e. The number of aliphatic carboxylic acids is 1. The van der Waals surface area contributed by atoms with Crippen LogP contribution in [0.2, 0.25) is 0 Å². The van der Waals surface area contributed by atoms with E-state index in [1.807, 2.05) is 12.1 Å². The Labute approximate surface area is 196 Å². The standard InChI is InChI=1S/C24H27N5O5/c1-15(24(31)32)34-17-9-12-29(13-10-17)16-6-7-20(22(14-16)33-2)27-23(30)21-5-3-4-18(26-21)19-8-11-25-28-19/h3-8,11,14-15,17H,9-10,12-13H2,1-2H3,(H,25,28)(H,27,30)(H,31,32)/t15-/m0/s1. The van der Waals surface area contributed by atoms with Crippen LogP contribution in [0.5, 0.6) is 5.75 Å². The summed E-state index contributed by atoms with van der Waals surface area (Å²) in [7, 11) is 1.55. The van der Waals surface area contributed by atoms with E-state index in [-0.39, 0.29) is 17.7 Å². The first-order valence-electron chi connectivity index (χ1n) is 11.0. The lowest BCUT2D eigenvalue weighted by Gasteiger charge is -2.34. The fourth-order valence-electron chi connectivity index (χ4n) is 3.87. The first-order valence-corrected chi connectivity index (χ1v) is 11.0. The van der Waals surface area contributed by atoms with E-state index in [1.165, 1.54) is 0 Å². The van der Waals surface area contributed by atoms with E-state index in [0.29, 0.717) is 22.8 Å². The number of nitrogens with zero attached hydrogens (tertiary/aromatic N) is 3. The van der Waals surface area contributed by atoms with Crippen LogP contribution in [0.15, 0.2) is 48.7 Å². The molecule has 0 saturated carbocycles. The van der Waals surface area contributed by atoms with Crippen molar-refractivity contribution in [2.45, 2.75) is 32.0 Å². The molecule has 10 heteroatoms. The van der Waals surface area contributed by atoms with Crippen molar-refractivity contribution >= 4 is 23.3 Å². The molecule has 1 amide bonds. The van der Waals surface area contributed by atoms with Crippen LogP contribution in [0, 0.1) is 0 Å². The number of piperidine rings is 1. The minimum absolute atomic E-state index is 0.0764. The quantitative estimate of drug-likeness (QED) is 0.462. The van der Waals surface area contributed by atoms with Crippen LogP contribution >= 0.6 is 0 Å². The SMILES string of the molecule is COc1cc(N2CCC(O[C@@H](C)C(=O)O)CC2)ccc1NC(=O)c1cccc(-c2cc[nH]n2)n1. The Hall–Kier alpha value is -3.92. The maximum atomic E-state index is 12.8. The monoisotopic (exact) mass is 465 g/mol. The highest BCUT2D eigenvalue weighted by atomic mass is 16.5. The number of benzene rings is 1. The van der Waals surface area contributed by atoms with Crippen LogP contribution in [-0.4, -0.2) is 64.6 Å². The number of carbonyl (C=O) groups is 2. The minimum atomic E-state index is -0.951. The summed E-state index contributed by atoms with van der Waals surface area (Å²) in [6.45, 7) is 3.01. The van der Waals surface area contributed by atoms with E-state index in [0.717, 1.165) is 31.6 Å². The van der Waals surface area contributed by atoms with Gasteiger partial charge in [-0.25, -0.2) is 9.78 Å². The molecule has 1 fully saturated rings. The van der Waals surface area contributed by atoms with E-state index in [4.69, 9.17) is 14.6 Å². The summed E-state index contributed by atoms with van der Waals surface area (Å²) in [6.07, 6.45) is 2.27. The van der Waals surface area contributed by atoms with E-state index in [9.17, 15) is 9.59 Å². The van der Waals surface area contributed by atoms with Gasteiger partial charge in [-0.05, 0) is 50.1 Å². The van der Waals surface area contributed by atoms with Crippen molar-refractivity contribution in [3.05, 3.63) is 54.4 Å². The number of hydrogen-bond acceptors (Lipinski definition) is 7. The summed E-state index contributed by atoms with van der Waals surface area (Å²) in [4.78, 5) is 30.4. The van der Waals surface area contributed by atoms with Crippen molar-refractivity contribution in [3.63, 3.8) is 0 Å². The Kier molecular flexibility index (Phi) is 7.07. The molecule has 1 aliphatic rings.